The van der Waals surface area contributed by atoms with Gasteiger partial charge in [-0.05, 0) is 43.2 Å². The molecular formula is C18H16N4S2. The zero-order valence-electron chi connectivity index (χ0n) is 13.4. The molecule has 4 rings (SSSR count). The Morgan fingerprint density at radius 2 is 1.96 bits per heavy atom. The molecule has 0 aliphatic carbocycles. The van der Waals surface area contributed by atoms with Gasteiger partial charge < -0.3 is 0 Å². The first kappa shape index (κ1) is 15.4. The SMILES string of the molecule is Cc1sc2ncnc(SCc3ccc(-n4cccn4)cc3)c2c1C. The molecule has 0 spiro atoms. The van der Waals surface area contributed by atoms with Crippen LogP contribution in [-0.2, 0) is 5.75 Å². The van der Waals surface area contributed by atoms with E-state index in [-0.39, 0.29) is 0 Å². The predicted molar refractivity (Wildman–Crippen MR) is 100 cm³/mol. The van der Waals surface area contributed by atoms with Crippen molar-refractivity contribution in [2.24, 2.45) is 0 Å². The summed E-state index contributed by atoms with van der Waals surface area (Å²) in [5.74, 6) is 0.889. The number of aryl methyl sites for hydroxylation is 2. The van der Waals surface area contributed by atoms with Gasteiger partial charge in [-0.3, -0.25) is 0 Å². The molecule has 0 N–H and O–H groups in total. The molecule has 1 aromatic carbocycles. The molecule has 3 heterocycles. The smallest absolute Gasteiger partial charge is 0.128 e. The summed E-state index contributed by atoms with van der Waals surface area (Å²) in [5.41, 5.74) is 3.64. The average Bonchev–Trinajstić information content (AvgIpc) is 3.23. The van der Waals surface area contributed by atoms with E-state index in [9.17, 15) is 0 Å². The molecule has 0 unspecified atom stereocenters. The van der Waals surface area contributed by atoms with Crippen molar-refractivity contribution < 1.29 is 0 Å². The molecule has 0 aliphatic rings. The van der Waals surface area contributed by atoms with Crippen molar-refractivity contribution in [3.8, 4) is 5.69 Å². The maximum absolute atomic E-state index is 4.50. The third-order valence-corrected chi connectivity index (χ3v) is 6.19. The Hall–Kier alpha value is -2.18. The molecule has 24 heavy (non-hydrogen) atoms. The highest BCUT2D eigenvalue weighted by Gasteiger charge is 2.12. The van der Waals surface area contributed by atoms with Crippen molar-refractivity contribution in [1.82, 2.24) is 19.7 Å². The molecule has 4 nitrogen and oxygen atoms in total. The zero-order chi connectivity index (χ0) is 16.5. The maximum atomic E-state index is 4.50. The number of rotatable bonds is 4. The summed E-state index contributed by atoms with van der Waals surface area (Å²) in [6.07, 6.45) is 5.40. The van der Waals surface area contributed by atoms with E-state index in [0.717, 1.165) is 21.3 Å². The summed E-state index contributed by atoms with van der Waals surface area (Å²) in [6.45, 7) is 4.30. The first-order valence-corrected chi connectivity index (χ1v) is 9.45. The van der Waals surface area contributed by atoms with Gasteiger partial charge in [0.25, 0.3) is 0 Å². The fraction of sp³-hybridized carbons (Fsp3) is 0.167. The predicted octanol–water partition coefficient (Wildman–Crippen LogP) is 4.79. The van der Waals surface area contributed by atoms with Crippen LogP contribution in [0.15, 0.2) is 54.1 Å². The Bertz CT molecular complexity index is 972. The van der Waals surface area contributed by atoms with E-state index < -0.39 is 0 Å². The summed E-state index contributed by atoms with van der Waals surface area (Å²) in [6, 6.07) is 10.4. The van der Waals surface area contributed by atoms with Crippen LogP contribution in [0.4, 0.5) is 0 Å². The van der Waals surface area contributed by atoms with E-state index in [1.165, 1.54) is 21.4 Å². The second-order valence-corrected chi connectivity index (χ2v) is 7.72. The van der Waals surface area contributed by atoms with Crippen LogP contribution in [0.1, 0.15) is 16.0 Å². The van der Waals surface area contributed by atoms with Crippen LogP contribution >= 0.6 is 23.1 Å². The molecule has 120 valence electrons. The Kier molecular flexibility index (Phi) is 4.08. The number of thiophene rings is 1. The van der Waals surface area contributed by atoms with Gasteiger partial charge in [0.05, 0.1) is 5.69 Å². The summed E-state index contributed by atoms with van der Waals surface area (Å²) >= 11 is 3.51. The highest BCUT2D eigenvalue weighted by Crippen LogP contribution is 2.35. The van der Waals surface area contributed by atoms with E-state index in [1.54, 1.807) is 35.6 Å². The Morgan fingerprint density at radius 3 is 2.71 bits per heavy atom. The minimum atomic E-state index is 0.889. The van der Waals surface area contributed by atoms with Gasteiger partial charge >= 0.3 is 0 Å². The van der Waals surface area contributed by atoms with E-state index in [2.05, 4.69) is 53.2 Å². The van der Waals surface area contributed by atoms with Crippen molar-refractivity contribution in [2.45, 2.75) is 24.6 Å². The number of hydrogen-bond acceptors (Lipinski definition) is 5. The molecule has 3 aromatic heterocycles. The lowest BCUT2D eigenvalue weighted by atomic mass is 10.2. The van der Waals surface area contributed by atoms with Crippen LogP contribution in [0.5, 0.6) is 0 Å². The largest absolute Gasteiger partial charge is 0.241 e. The lowest BCUT2D eigenvalue weighted by Crippen LogP contribution is -1.94. The van der Waals surface area contributed by atoms with Gasteiger partial charge in [-0.15, -0.1) is 23.1 Å². The molecule has 0 saturated carbocycles. The minimum absolute atomic E-state index is 0.889. The molecule has 0 saturated heterocycles. The minimum Gasteiger partial charge on any atom is -0.241 e. The van der Waals surface area contributed by atoms with Gasteiger partial charge in [0.2, 0.25) is 0 Å². The van der Waals surface area contributed by atoms with Gasteiger partial charge in [0.1, 0.15) is 16.2 Å². The Balaban J connectivity index is 1.55. The first-order chi connectivity index (χ1) is 11.7. The molecular weight excluding hydrogens is 336 g/mol. The fourth-order valence-corrected chi connectivity index (χ4v) is 4.65. The summed E-state index contributed by atoms with van der Waals surface area (Å²) < 4.78 is 1.86. The van der Waals surface area contributed by atoms with E-state index in [0.29, 0.717) is 0 Å². The highest BCUT2D eigenvalue weighted by atomic mass is 32.2. The van der Waals surface area contributed by atoms with E-state index in [1.807, 2.05) is 16.9 Å². The molecule has 0 aliphatic heterocycles. The number of benzene rings is 1. The second-order valence-electron chi connectivity index (χ2n) is 5.55. The lowest BCUT2D eigenvalue weighted by Gasteiger charge is -2.05. The number of thioether (sulfide) groups is 1. The molecule has 0 atom stereocenters. The molecule has 0 amide bonds. The number of nitrogens with zero attached hydrogens (tertiary/aromatic N) is 4. The molecule has 0 fully saturated rings. The summed E-state index contributed by atoms with van der Waals surface area (Å²) in [7, 11) is 0. The van der Waals surface area contributed by atoms with E-state index >= 15 is 0 Å². The van der Waals surface area contributed by atoms with Crippen LogP contribution in [0.3, 0.4) is 0 Å². The van der Waals surface area contributed by atoms with Crippen molar-refractivity contribution in [3.63, 3.8) is 0 Å². The monoisotopic (exact) mass is 352 g/mol. The van der Waals surface area contributed by atoms with Crippen molar-refractivity contribution in [1.29, 1.82) is 0 Å². The maximum Gasteiger partial charge on any atom is 0.128 e. The Morgan fingerprint density at radius 1 is 1.12 bits per heavy atom. The quantitative estimate of drug-likeness (QED) is 0.391. The van der Waals surface area contributed by atoms with Crippen molar-refractivity contribution in [3.05, 3.63) is 65.1 Å². The topological polar surface area (TPSA) is 43.6 Å². The third kappa shape index (κ3) is 2.83. The van der Waals surface area contributed by atoms with Crippen molar-refractivity contribution in [2.75, 3.05) is 0 Å². The van der Waals surface area contributed by atoms with Crippen LogP contribution in [-0.4, -0.2) is 19.7 Å². The lowest BCUT2D eigenvalue weighted by molar-refractivity contribution is 0.880. The highest BCUT2D eigenvalue weighted by molar-refractivity contribution is 7.98. The van der Waals surface area contributed by atoms with Gasteiger partial charge in [0, 0.05) is 28.4 Å². The molecule has 0 bridgehead atoms. The van der Waals surface area contributed by atoms with Crippen LogP contribution in [0.2, 0.25) is 0 Å². The van der Waals surface area contributed by atoms with E-state index in [4.69, 9.17) is 0 Å². The molecule has 4 aromatic rings. The summed E-state index contributed by atoms with van der Waals surface area (Å²) in [5, 5.41) is 6.53. The van der Waals surface area contributed by atoms with Gasteiger partial charge in [0.15, 0.2) is 0 Å². The van der Waals surface area contributed by atoms with Crippen LogP contribution in [0, 0.1) is 13.8 Å². The average molecular weight is 352 g/mol. The van der Waals surface area contributed by atoms with Gasteiger partial charge in [-0.1, -0.05) is 12.1 Å². The van der Waals surface area contributed by atoms with Gasteiger partial charge in [-0.25, -0.2) is 14.6 Å². The normalized spacial score (nSPS) is 11.2. The van der Waals surface area contributed by atoms with Gasteiger partial charge in [-0.2, -0.15) is 5.10 Å². The summed E-state index contributed by atoms with van der Waals surface area (Å²) in [4.78, 5) is 11.3. The third-order valence-electron chi connectivity index (χ3n) is 4.01. The van der Waals surface area contributed by atoms with Crippen LogP contribution in [0.25, 0.3) is 15.9 Å². The number of fused-ring (bicyclic) bond motifs is 1. The molecule has 0 radical (unpaired) electrons. The van der Waals surface area contributed by atoms with Crippen LogP contribution < -0.4 is 0 Å². The zero-order valence-corrected chi connectivity index (χ0v) is 15.1. The first-order valence-electron chi connectivity index (χ1n) is 7.65. The fourth-order valence-electron chi connectivity index (χ4n) is 2.58. The Labute approximate surface area is 148 Å². The second kappa shape index (κ2) is 6.37. The standard InChI is InChI=1S/C18H16N4S2/c1-12-13(2)24-18-16(12)17(19-11-20-18)23-10-14-4-6-15(7-5-14)22-9-3-8-21-22/h3-9,11H,10H2,1-2H3. The number of hydrogen-bond donors (Lipinski definition) is 0. The molecule has 6 heteroatoms. The number of aromatic nitrogens is 4. The van der Waals surface area contributed by atoms with Crippen molar-refractivity contribution >= 4 is 33.3 Å².